The zero-order valence-electron chi connectivity index (χ0n) is 16.7. The van der Waals surface area contributed by atoms with E-state index in [0.29, 0.717) is 18.8 Å². The summed E-state index contributed by atoms with van der Waals surface area (Å²) >= 11 is 0. The fourth-order valence-electron chi connectivity index (χ4n) is 3.89. The lowest BCUT2D eigenvalue weighted by Crippen LogP contribution is -3.13. The minimum absolute atomic E-state index is 0.256. The molecule has 0 radical (unpaired) electrons. The highest BCUT2D eigenvalue weighted by Gasteiger charge is 2.14. The van der Waals surface area contributed by atoms with Crippen LogP contribution in [0, 0.1) is 0 Å². The van der Waals surface area contributed by atoms with E-state index in [9.17, 15) is 4.79 Å². The maximum Gasteiger partial charge on any atom is 0.338 e. The van der Waals surface area contributed by atoms with Gasteiger partial charge in [0, 0.05) is 0 Å². The minimum atomic E-state index is -0.256. The zero-order chi connectivity index (χ0) is 19.9. The van der Waals surface area contributed by atoms with Crippen molar-refractivity contribution in [2.24, 2.45) is 0 Å². The number of ether oxygens (including phenoxy) is 2. The molecule has 0 unspecified atom stereocenters. The Labute approximate surface area is 172 Å². The lowest BCUT2D eigenvalue weighted by molar-refractivity contribution is -0.905. The summed E-state index contributed by atoms with van der Waals surface area (Å²) in [6, 6.07) is 21.8. The Balaban J connectivity index is 1.30. The quantitative estimate of drug-likeness (QED) is 0.626. The topological polar surface area (TPSA) is 40.0 Å². The Hall–Kier alpha value is -2.85. The maximum atomic E-state index is 12.4. The first-order chi connectivity index (χ1) is 14.3. The van der Waals surface area contributed by atoms with Crippen molar-refractivity contribution in [1.29, 1.82) is 0 Å². The molecule has 0 spiro atoms. The van der Waals surface area contributed by atoms with E-state index in [0.717, 1.165) is 23.2 Å². The number of carbonyl (C=O) groups excluding carboxylic acids is 1. The van der Waals surface area contributed by atoms with E-state index in [2.05, 4.69) is 18.2 Å². The smallest absolute Gasteiger partial charge is 0.338 e. The van der Waals surface area contributed by atoms with E-state index in [4.69, 9.17) is 9.47 Å². The predicted molar refractivity (Wildman–Crippen MR) is 114 cm³/mol. The maximum absolute atomic E-state index is 12.4. The summed E-state index contributed by atoms with van der Waals surface area (Å²) in [6.07, 6.45) is 3.89. The second-order valence-electron chi connectivity index (χ2n) is 7.69. The van der Waals surface area contributed by atoms with Gasteiger partial charge in [-0.05, 0) is 59.9 Å². The summed E-state index contributed by atoms with van der Waals surface area (Å²) in [5, 5.41) is 2.34. The number of rotatable bonds is 7. The van der Waals surface area contributed by atoms with Crippen LogP contribution in [-0.4, -0.2) is 32.2 Å². The Morgan fingerprint density at radius 1 is 0.862 bits per heavy atom. The Morgan fingerprint density at radius 3 is 2.55 bits per heavy atom. The lowest BCUT2D eigenvalue weighted by atomic mass is 10.1. The van der Waals surface area contributed by atoms with Gasteiger partial charge < -0.3 is 14.4 Å². The number of likely N-dealkylation sites (tertiary alicyclic amines) is 1. The molecule has 1 aliphatic rings. The highest BCUT2D eigenvalue weighted by Crippen LogP contribution is 2.21. The van der Waals surface area contributed by atoms with E-state index in [1.54, 1.807) is 11.0 Å². The normalized spacial score (nSPS) is 14.6. The molecule has 0 saturated carbocycles. The molecule has 4 rings (SSSR count). The highest BCUT2D eigenvalue weighted by molar-refractivity contribution is 5.89. The Bertz CT molecular complexity index is 963. The van der Waals surface area contributed by atoms with Crippen molar-refractivity contribution in [2.75, 3.05) is 26.2 Å². The second-order valence-corrected chi connectivity index (χ2v) is 7.69. The van der Waals surface area contributed by atoms with Gasteiger partial charge in [-0.15, -0.1) is 0 Å². The third-order valence-corrected chi connectivity index (χ3v) is 5.54. The Morgan fingerprint density at radius 2 is 1.69 bits per heavy atom. The minimum Gasteiger partial charge on any atom is -0.489 e. The molecule has 29 heavy (non-hydrogen) atoms. The van der Waals surface area contributed by atoms with Crippen molar-refractivity contribution in [1.82, 2.24) is 0 Å². The van der Waals surface area contributed by atoms with E-state index in [1.165, 1.54) is 37.7 Å². The number of carbonyl (C=O) groups is 1. The van der Waals surface area contributed by atoms with Gasteiger partial charge in [0.2, 0.25) is 0 Å². The number of piperidine rings is 1. The molecule has 4 nitrogen and oxygen atoms in total. The van der Waals surface area contributed by atoms with Crippen LogP contribution < -0.4 is 9.64 Å². The van der Waals surface area contributed by atoms with Crippen LogP contribution in [0.4, 0.5) is 0 Å². The van der Waals surface area contributed by atoms with Crippen molar-refractivity contribution >= 4 is 16.7 Å². The van der Waals surface area contributed by atoms with E-state index in [1.807, 2.05) is 42.5 Å². The molecule has 3 aromatic carbocycles. The molecule has 0 amide bonds. The monoisotopic (exact) mass is 390 g/mol. The van der Waals surface area contributed by atoms with Crippen LogP contribution in [-0.2, 0) is 11.3 Å². The first-order valence-electron chi connectivity index (χ1n) is 10.5. The molecule has 3 aromatic rings. The number of nitrogens with one attached hydrogen (secondary N) is 1. The molecular weight excluding hydrogens is 362 g/mol. The zero-order valence-corrected chi connectivity index (χ0v) is 16.7. The molecule has 1 fully saturated rings. The molecular formula is C25H28NO3+. The van der Waals surface area contributed by atoms with Crippen molar-refractivity contribution in [2.45, 2.75) is 25.9 Å². The van der Waals surface area contributed by atoms with Crippen molar-refractivity contribution < 1.29 is 19.2 Å². The van der Waals surface area contributed by atoms with Gasteiger partial charge in [-0.1, -0.05) is 42.5 Å². The summed E-state index contributed by atoms with van der Waals surface area (Å²) in [5.41, 5.74) is 1.53. The summed E-state index contributed by atoms with van der Waals surface area (Å²) in [6.45, 7) is 4.18. The lowest BCUT2D eigenvalue weighted by Gasteiger charge is -2.23. The van der Waals surface area contributed by atoms with Gasteiger partial charge in [-0.25, -0.2) is 4.79 Å². The van der Waals surface area contributed by atoms with E-state index in [-0.39, 0.29) is 5.97 Å². The standard InChI is InChI=1S/C25H27NO3/c27-25(28-16-15-26-13-4-1-5-14-26)23-10-6-7-20(17-23)19-29-24-12-11-21-8-2-3-9-22(21)18-24/h2-3,6-12,17-18H,1,4-5,13-16,19H2/p+1. The average molecular weight is 391 g/mol. The van der Waals surface area contributed by atoms with Gasteiger partial charge in [-0.3, -0.25) is 0 Å². The molecule has 0 atom stereocenters. The second kappa shape index (κ2) is 9.57. The first-order valence-corrected chi connectivity index (χ1v) is 10.5. The fourth-order valence-corrected chi connectivity index (χ4v) is 3.89. The number of esters is 1. The van der Waals surface area contributed by atoms with Crippen LogP contribution in [0.2, 0.25) is 0 Å². The number of quaternary nitrogens is 1. The molecule has 0 bridgehead atoms. The van der Waals surface area contributed by atoms with Crippen LogP contribution in [0.15, 0.2) is 66.7 Å². The third-order valence-electron chi connectivity index (χ3n) is 5.54. The first kappa shape index (κ1) is 19.5. The van der Waals surface area contributed by atoms with Gasteiger partial charge in [0.25, 0.3) is 0 Å². The van der Waals surface area contributed by atoms with Crippen molar-refractivity contribution in [3.63, 3.8) is 0 Å². The summed E-state index contributed by atoms with van der Waals surface area (Å²) in [4.78, 5) is 13.9. The fraction of sp³-hybridized carbons (Fsp3) is 0.320. The summed E-state index contributed by atoms with van der Waals surface area (Å²) < 4.78 is 11.4. The largest absolute Gasteiger partial charge is 0.489 e. The third kappa shape index (κ3) is 5.36. The number of fused-ring (bicyclic) bond motifs is 1. The molecule has 1 aliphatic heterocycles. The van der Waals surface area contributed by atoms with Gasteiger partial charge in [0.15, 0.2) is 0 Å². The molecule has 1 saturated heterocycles. The number of hydrogen-bond acceptors (Lipinski definition) is 3. The van der Waals surface area contributed by atoms with E-state index < -0.39 is 0 Å². The summed E-state index contributed by atoms with van der Waals surface area (Å²) in [7, 11) is 0. The molecule has 1 heterocycles. The van der Waals surface area contributed by atoms with Crippen LogP contribution in [0.3, 0.4) is 0 Å². The van der Waals surface area contributed by atoms with Gasteiger partial charge in [-0.2, -0.15) is 0 Å². The summed E-state index contributed by atoms with van der Waals surface area (Å²) in [5.74, 6) is 0.565. The van der Waals surface area contributed by atoms with Crippen molar-refractivity contribution in [3.8, 4) is 5.75 Å². The molecule has 0 aromatic heterocycles. The van der Waals surface area contributed by atoms with Crippen LogP contribution in [0.5, 0.6) is 5.75 Å². The number of hydrogen-bond donors (Lipinski definition) is 1. The van der Waals surface area contributed by atoms with Crippen LogP contribution in [0.25, 0.3) is 10.8 Å². The van der Waals surface area contributed by atoms with Crippen LogP contribution in [0.1, 0.15) is 35.2 Å². The SMILES string of the molecule is O=C(OCC[NH+]1CCCCC1)c1cccc(COc2ccc3ccccc3c2)c1. The molecule has 150 valence electrons. The molecule has 0 aliphatic carbocycles. The van der Waals surface area contributed by atoms with Gasteiger partial charge in [0.05, 0.1) is 18.7 Å². The van der Waals surface area contributed by atoms with E-state index >= 15 is 0 Å². The molecule has 1 N–H and O–H groups in total. The molecule has 4 heteroatoms. The van der Waals surface area contributed by atoms with Crippen LogP contribution >= 0.6 is 0 Å². The average Bonchev–Trinajstić information content (AvgIpc) is 2.78. The predicted octanol–water partition coefficient (Wildman–Crippen LogP) is 3.64. The van der Waals surface area contributed by atoms with Crippen molar-refractivity contribution in [3.05, 3.63) is 77.9 Å². The van der Waals surface area contributed by atoms with Gasteiger partial charge >= 0.3 is 5.97 Å². The number of benzene rings is 3. The van der Waals surface area contributed by atoms with Gasteiger partial charge in [0.1, 0.15) is 25.5 Å². The highest BCUT2D eigenvalue weighted by atomic mass is 16.5. The Kier molecular flexibility index (Phi) is 6.42.